The Bertz CT molecular complexity index is 993. The van der Waals surface area contributed by atoms with Crippen molar-refractivity contribution in [2.24, 2.45) is 11.1 Å². The van der Waals surface area contributed by atoms with E-state index in [1.807, 2.05) is 18.2 Å². The summed E-state index contributed by atoms with van der Waals surface area (Å²) < 4.78 is 10.3. The van der Waals surface area contributed by atoms with Gasteiger partial charge in [-0.25, -0.2) is 10.7 Å². The molecule has 8 nitrogen and oxygen atoms in total. The van der Waals surface area contributed by atoms with Crippen molar-refractivity contribution in [1.82, 2.24) is 0 Å². The van der Waals surface area contributed by atoms with Crippen LogP contribution in [0.2, 0.25) is 10.0 Å². The monoisotopic (exact) mass is 496 g/mol. The van der Waals surface area contributed by atoms with Crippen LogP contribution in [0.25, 0.3) is 12.2 Å². The van der Waals surface area contributed by atoms with Gasteiger partial charge in [-0.3, -0.25) is 0 Å². The van der Waals surface area contributed by atoms with Gasteiger partial charge in [0, 0.05) is 21.2 Å². The van der Waals surface area contributed by atoms with E-state index in [0.29, 0.717) is 22.4 Å². The Morgan fingerprint density at radius 2 is 1.45 bits per heavy atom. The zero-order chi connectivity index (χ0) is 24.6. The first kappa shape index (κ1) is 28.0. The molecule has 33 heavy (non-hydrogen) atoms. The fourth-order valence-corrected chi connectivity index (χ4v) is 2.65. The normalized spacial score (nSPS) is 11.3. The molecule has 0 bridgehead atoms. The van der Waals surface area contributed by atoms with Crippen LogP contribution in [0.5, 0.6) is 11.5 Å². The summed E-state index contributed by atoms with van der Waals surface area (Å²) in [6.45, 7) is 1.86. The summed E-state index contributed by atoms with van der Waals surface area (Å²) in [6.07, 6.45) is 7.08. The van der Waals surface area contributed by atoms with Crippen molar-refractivity contribution in [1.29, 1.82) is 0 Å². The number of hydrogen-bond acceptors (Lipinski definition) is 7. The maximum absolute atomic E-state index is 10.4. The average Bonchev–Trinajstić information content (AvgIpc) is 2.79. The number of carboxylic acids is 1. The molecule has 0 unspecified atom stereocenters. The molecule has 0 fully saturated rings. The number of benzene rings is 2. The number of carboxylic acid groups (broad SMARTS) is 1. The Morgan fingerprint density at radius 1 is 0.970 bits per heavy atom. The molecule has 0 atom stereocenters. The molecule has 3 N–H and O–H groups in total. The smallest absolute Gasteiger partial charge is 0.353 e. The summed E-state index contributed by atoms with van der Waals surface area (Å²) in [5, 5.41) is 13.2. The van der Waals surface area contributed by atoms with Crippen molar-refractivity contribution in [2.45, 2.75) is 6.92 Å². The molecule has 0 aliphatic carbocycles. The molecule has 0 radical (unpaired) electrons. The van der Waals surface area contributed by atoms with Gasteiger partial charge in [0.05, 0.1) is 20.8 Å². The van der Waals surface area contributed by atoms with Crippen LogP contribution in [0.1, 0.15) is 18.1 Å². The number of carbonyl (C=O) groups is 1. The lowest BCUT2D eigenvalue weighted by Gasteiger charge is -2.04. The maximum atomic E-state index is 10.4. The van der Waals surface area contributed by atoms with E-state index in [2.05, 4.69) is 9.99 Å². The number of halogens is 2. The number of oxime groups is 1. The van der Waals surface area contributed by atoms with Gasteiger partial charge in [0.15, 0.2) is 5.71 Å². The van der Waals surface area contributed by atoms with E-state index in [1.54, 1.807) is 56.7 Å². The van der Waals surface area contributed by atoms with Gasteiger partial charge in [0.25, 0.3) is 0 Å². The summed E-state index contributed by atoms with van der Waals surface area (Å²) in [4.78, 5) is 19.7. The van der Waals surface area contributed by atoms with E-state index in [4.69, 9.17) is 48.5 Å². The molecule has 2 aromatic rings. The zero-order valence-corrected chi connectivity index (χ0v) is 20.0. The zero-order valence-electron chi connectivity index (χ0n) is 18.5. The first-order valence-corrected chi connectivity index (χ1v) is 10.3. The summed E-state index contributed by atoms with van der Waals surface area (Å²) >= 11 is 11.7. The largest absolute Gasteiger partial charge is 0.496 e. The van der Waals surface area contributed by atoms with Gasteiger partial charge >= 0.3 is 5.97 Å². The molecule has 2 aromatic carbocycles. The lowest BCUT2D eigenvalue weighted by molar-refractivity contribution is -0.129. The number of ether oxygens (including phenoxy) is 2. The third-order valence-corrected chi connectivity index (χ3v) is 4.32. The summed E-state index contributed by atoms with van der Waals surface area (Å²) in [6, 6.07) is 10.6. The van der Waals surface area contributed by atoms with Crippen molar-refractivity contribution in [3.8, 4) is 11.5 Å². The summed E-state index contributed by atoms with van der Waals surface area (Å²) in [5.41, 5.74) is 1.60. The quantitative estimate of drug-likeness (QED) is 0.267. The summed E-state index contributed by atoms with van der Waals surface area (Å²) in [7, 11) is 3.18. The molecule has 10 heteroatoms. The van der Waals surface area contributed by atoms with Crippen molar-refractivity contribution >= 4 is 47.0 Å². The van der Waals surface area contributed by atoms with Crippen LogP contribution in [-0.4, -0.2) is 44.2 Å². The standard InChI is InChI=1S/C13H14ClNO4.C10H12ClNO2/c1-9(13(16)17)15-19-7-3-4-10-8-11(14)5-6-12(10)18-2;1-13-10-5-4-9(11)7-8(10)3-2-6-14-12/h3-6,8H,7H2,1-2H3,(H,16,17);2-5,7H,6,12H2,1H3. The van der Waals surface area contributed by atoms with Gasteiger partial charge in [-0.1, -0.05) is 46.6 Å². The van der Waals surface area contributed by atoms with Crippen LogP contribution in [0.15, 0.2) is 53.7 Å². The minimum Gasteiger partial charge on any atom is -0.496 e. The van der Waals surface area contributed by atoms with Crippen molar-refractivity contribution in [3.63, 3.8) is 0 Å². The minimum absolute atomic E-state index is 0.103. The molecule has 0 aliphatic rings. The van der Waals surface area contributed by atoms with Crippen LogP contribution >= 0.6 is 23.2 Å². The van der Waals surface area contributed by atoms with E-state index in [0.717, 1.165) is 16.9 Å². The van der Waals surface area contributed by atoms with Gasteiger partial charge in [-0.05, 0) is 49.4 Å². The van der Waals surface area contributed by atoms with Crippen molar-refractivity contribution in [2.75, 3.05) is 27.4 Å². The highest BCUT2D eigenvalue weighted by Crippen LogP contribution is 2.24. The number of nitrogens with zero attached hydrogens (tertiary/aromatic N) is 1. The lowest BCUT2D eigenvalue weighted by Crippen LogP contribution is -2.08. The van der Waals surface area contributed by atoms with E-state index in [-0.39, 0.29) is 12.3 Å². The molecule has 178 valence electrons. The predicted octanol–water partition coefficient (Wildman–Crippen LogP) is 5.09. The number of hydrogen-bond donors (Lipinski definition) is 2. The molecule has 0 aromatic heterocycles. The maximum Gasteiger partial charge on any atom is 0.353 e. The molecule has 2 rings (SSSR count). The van der Waals surface area contributed by atoms with Gasteiger partial charge in [-0.15, -0.1) is 0 Å². The second-order valence-electron chi connectivity index (χ2n) is 6.19. The first-order valence-electron chi connectivity index (χ1n) is 9.54. The fourth-order valence-electron chi connectivity index (χ4n) is 2.29. The number of nitrogens with two attached hydrogens (primary N) is 1. The predicted molar refractivity (Wildman–Crippen MR) is 131 cm³/mol. The van der Waals surface area contributed by atoms with Gasteiger partial charge in [0.2, 0.25) is 0 Å². The molecular formula is C23H26Cl2N2O6. The van der Waals surface area contributed by atoms with Crippen LogP contribution in [0.4, 0.5) is 0 Å². The van der Waals surface area contributed by atoms with Crippen molar-refractivity contribution in [3.05, 3.63) is 69.7 Å². The summed E-state index contributed by atoms with van der Waals surface area (Å²) in [5.74, 6) is 5.23. The van der Waals surface area contributed by atoms with Gasteiger partial charge in [-0.2, -0.15) is 0 Å². The van der Waals surface area contributed by atoms with Crippen molar-refractivity contribution < 1.29 is 29.0 Å². The Kier molecular flexibility index (Phi) is 13.3. The fraction of sp³-hybridized carbons (Fsp3) is 0.217. The lowest BCUT2D eigenvalue weighted by atomic mass is 10.2. The molecule has 0 saturated carbocycles. The van der Waals surface area contributed by atoms with E-state index < -0.39 is 5.97 Å². The third kappa shape index (κ3) is 10.9. The Morgan fingerprint density at radius 3 is 1.88 bits per heavy atom. The van der Waals surface area contributed by atoms with Crippen LogP contribution < -0.4 is 15.4 Å². The molecule has 0 spiro atoms. The molecule has 0 amide bonds. The van der Waals surface area contributed by atoms with Gasteiger partial charge < -0.3 is 24.3 Å². The number of methoxy groups -OCH3 is 2. The average molecular weight is 497 g/mol. The van der Waals surface area contributed by atoms with E-state index in [9.17, 15) is 4.79 Å². The molecular weight excluding hydrogens is 471 g/mol. The molecule has 0 aliphatic heterocycles. The van der Waals surface area contributed by atoms with E-state index in [1.165, 1.54) is 6.92 Å². The third-order valence-electron chi connectivity index (χ3n) is 3.85. The second-order valence-corrected chi connectivity index (χ2v) is 7.06. The SMILES string of the molecule is COc1ccc(Cl)cc1C=CCON.COc1ccc(Cl)cc1C=CCON=C(C)C(=O)O. The number of aliphatic carboxylic acids is 1. The molecule has 0 heterocycles. The Balaban J connectivity index is 0.000000346. The second kappa shape index (κ2) is 15.7. The minimum atomic E-state index is -1.11. The Hall–Kier alpha value is -3.04. The highest BCUT2D eigenvalue weighted by atomic mass is 35.5. The van der Waals surface area contributed by atoms with E-state index >= 15 is 0 Å². The molecule has 0 saturated heterocycles. The Labute approximate surface area is 202 Å². The number of rotatable bonds is 10. The highest BCUT2D eigenvalue weighted by Gasteiger charge is 2.02. The van der Waals surface area contributed by atoms with Crippen LogP contribution in [0.3, 0.4) is 0 Å². The van der Waals surface area contributed by atoms with Gasteiger partial charge in [0.1, 0.15) is 18.1 Å². The van der Waals surface area contributed by atoms with Crippen LogP contribution in [-0.2, 0) is 14.5 Å². The first-order chi connectivity index (χ1) is 15.8. The highest BCUT2D eigenvalue weighted by molar-refractivity contribution is 6.34. The van der Waals surface area contributed by atoms with Crippen LogP contribution in [0, 0.1) is 0 Å². The topological polar surface area (TPSA) is 113 Å².